The second-order valence-electron chi connectivity index (χ2n) is 5.29. The Balaban J connectivity index is 1.57. The second kappa shape index (κ2) is 6.96. The lowest BCUT2D eigenvalue weighted by Crippen LogP contribution is -2.27. The van der Waals surface area contributed by atoms with Crippen LogP contribution >= 0.6 is 0 Å². The molecule has 2 aromatic carbocycles. The lowest BCUT2D eigenvalue weighted by molar-refractivity contribution is -0.123. The topological polar surface area (TPSA) is 59.9 Å². The Kier molecular flexibility index (Phi) is 4.57. The van der Waals surface area contributed by atoms with Crippen molar-refractivity contribution in [3.8, 4) is 11.5 Å². The number of para-hydroxylation sites is 1. The minimum absolute atomic E-state index is 0.0714. The first-order valence-electron chi connectivity index (χ1n) is 7.49. The smallest absolute Gasteiger partial charge is 0.277 e. The first-order valence-corrected chi connectivity index (χ1v) is 7.49. The number of hydrogen-bond acceptors (Lipinski definition) is 4. The van der Waals surface area contributed by atoms with Crippen LogP contribution in [-0.2, 0) is 4.79 Å². The van der Waals surface area contributed by atoms with Gasteiger partial charge in [-0.05, 0) is 31.2 Å². The molecule has 1 aliphatic rings. The normalized spacial score (nSPS) is 14.7. The van der Waals surface area contributed by atoms with E-state index >= 15 is 0 Å². The Morgan fingerprint density at radius 3 is 2.83 bits per heavy atom. The van der Waals surface area contributed by atoms with Crippen molar-refractivity contribution in [2.45, 2.75) is 13.3 Å². The molecular weight excluding hydrogens is 292 g/mol. The summed E-state index contributed by atoms with van der Waals surface area (Å²) in [6.45, 7) is 2.49. The highest BCUT2D eigenvalue weighted by molar-refractivity contribution is 6.04. The van der Waals surface area contributed by atoms with Gasteiger partial charge in [0.15, 0.2) is 6.61 Å². The van der Waals surface area contributed by atoms with Crippen LogP contribution in [0.25, 0.3) is 0 Å². The summed E-state index contributed by atoms with van der Waals surface area (Å²) >= 11 is 0. The summed E-state index contributed by atoms with van der Waals surface area (Å²) in [5.41, 5.74) is 5.42. The third kappa shape index (κ3) is 3.88. The zero-order chi connectivity index (χ0) is 16.1. The minimum atomic E-state index is -0.290. The molecule has 0 radical (unpaired) electrons. The number of nitrogens with one attached hydrogen (secondary N) is 1. The van der Waals surface area contributed by atoms with Gasteiger partial charge in [0.1, 0.15) is 11.5 Å². The molecule has 5 heteroatoms. The quantitative estimate of drug-likeness (QED) is 0.883. The summed E-state index contributed by atoms with van der Waals surface area (Å²) in [7, 11) is 0. The van der Waals surface area contributed by atoms with Gasteiger partial charge in [-0.25, -0.2) is 5.43 Å². The summed E-state index contributed by atoms with van der Waals surface area (Å²) in [5.74, 6) is 1.17. The van der Waals surface area contributed by atoms with Crippen molar-refractivity contribution in [1.82, 2.24) is 5.43 Å². The molecule has 0 saturated heterocycles. The zero-order valence-electron chi connectivity index (χ0n) is 12.9. The molecule has 2 aromatic rings. The van der Waals surface area contributed by atoms with Gasteiger partial charge in [0.2, 0.25) is 0 Å². The monoisotopic (exact) mass is 310 g/mol. The summed E-state index contributed by atoms with van der Waals surface area (Å²) in [5, 5.41) is 4.21. The molecule has 118 valence electrons. The SMILES string of the molecule is Cc1ccc(OCC(=O)N/N=C2\CCOc3ccccc32)cc1. The fourth-order valence-electron chi connectivity index (χ4n) is 2.28. The van der Waals surface area contributed by atoms with Gasteiger partial charge >= 0.3 is 0 Å². The molecule has 0 atom stereocenters. The van der Waals surface area contributed by atoms with E-state index in [2.05, 4.69) is 10.5 Å². The van der Waals surface area contributed by atoms with Crippen LogP contribution in [0.5, 0.6) is 11.5 Å². The average Bonchev–Trinajstić information content (AvgIpc) is 2.59. The number of benzene rings is 2. The van der Waals surface area contributed by atoms with E-state index in [0.717, 1.165) is 22.6 Å². The maximum absolute atomic E-state index is 11.9. The predicted octanol–water partition coefficient (Wildman–Crippen LogP) is 2.68. The molecule has 0 spiro atoms. The number of rotatable bonds is 4. The van der Waals surface area contributed by atoms with E-state index in [-0.39, 0.29) is 12.5 Å². The third-order valence-electron chi connectivity index (χ3n) is 3.50. The van der Waals surface area contributed by atoms with E-state index in [1.54, 1.807) is 0 Å². The fourth-order valence-corrected chi connectivity index (χ4v) is 2.28. The van der Waals surface area contributed by atoms with Crippen LogP contribution in [0.3, 0.4) is 0 Å². The van der Waals surface area contributed by atoms with Gasteiger partial charge in [-0.1, -0.05) is 29.8 Å². The standard InChI is InChI=1S/C18H18N2O3/c1-13-6-8-14(9-7-13)23-12-18(21)20-19-16-10-11-22-17-5-3-2-4-15(16)17/h2-9H,10-12H2,1H3,(H,20,21)/b19-16+. The van der Waals surface area contributed by atoms with E-state index in [0.29, 0.717) is 18.8 Å². The van der Waals surface area contributed by atoms with Crippen LogP contribution in [0, 0.1) is 6.92 Å². The van der Waals surface area contributed by atoms with Crippen LogP contribution in [0.15, 0.2) is 53.6 Å². The molecule has 0 aliphatic carbocycles. The molecule has 23 heavy (non-hydrogen) atoms. The van der Waals surface area contributed by atoms with Crippen molar-refractivity contribution in [2.24, 2.45) is 5.10 Å². The van der Waals surface area contributed by atoms with E-state index < -0.39 is 0 Å². The molecule has 5 nitrogen and oxygen atoms in total. The Hall–Kier alpha value is -2.82. The van der Waals surface area contributed by atoms with E-state index in [9.17, 15) is 4.79 Å². The van der Waals surface area contributed by atoms with Crippen molar-refractivity contribution in [3.05, 3.63) is 59.7 Å². The van der Waals surface area contributed by atoms with Crippen molar-refractivity contribution in [2.75, 3.05) is 13.2 Å². The lowest BCUT2D eigenvalue weighted by atomic mass is 10.0. The second-order valence-corrected chi connectivity index (χ2v) is 5.29. The van der Waals surface area contributed by atoms with Crippen LogP contribution in [0.2, 0.25) is 0 Å². The van der Waals surface area contributed by atoms with E-state index in [1.165, 1.54) is 0 Å². The summed E-state index contributed by atoms with van der Waals surface area (Å²) in [6.07, 6.45) is 0.663. The van der Waals surface area contributed by atoms with Crippen LogP contribution < -0.4 is 14.9 Å². The molecule has 1 N–H and O–H groups in total. The van der Waals surface area contributed by atoms with Crippen molar-refractivity contribution < 1.29 is 14.3 Å². The number of aryl methyl sites for hydroxylation is 1. The molecule has 0 fully saturated rings. The molecule has 3 rings (SSSR count). The number of ether oxygens (including phenoxy) is 2. The van der Waals surface area contributed by atoms with Crippen molar-refractivity contribution >= 4 is 11.6 Å². The maximum Gasteiger partial charge on any atom is 0.277 e. The number of hydrazone groups is 1. The summed E-state index contributed by atoms with van der Waals surface area (Å²) in [4.78, 5) is 11.9. The number of amides is 1. The maximum atomic E-state index is 11.9. The number of nitrogens with zero attached hydrogens (tertiary/aromatic N) is 1. The predicted molar refractivity (Wildman–Crippen MR) is 87.9 cm³/mol. The largest absolute Gasteiger partial charge is 0.492 e. The molecule has 1 amide bonds. The van der Waals surface area contributed by atoms with Gasteiger partial charge in [-0.15, -0.1) is 0 Å². The van der Waals surface area contributed by atoms with E-state index in [4.69, 9.17) is 9.47 Å². The van der Waals surface area contributed by atoms with Crippen LogP contribution in [0.1, 0.15) is 17.5 Å². The Morgan fingerprint density at radius 1 is 1.22 bits per heavy atom. The molecule has 0 unspecified atom stereocenters. The number of fused-ring (bicyclic) bond motifs is 1. The summed E-state index contributed by atoms with van der Waals surface area (Å²) in [6, 6.07) is 15.2. The van der Waals surface area contributed by atoms with Gasteiger partial charge in [0.25, 0.3) is 5.91 Å². The molecule has 1 heterocycles. The van der Waals surface area contributed by atoms with Crippen LogP contribution in [-0.4, -0.2) is 24.8 Å². The van der Waals surface area contributed by atoms with Gasteiger partial charge in [-0.3, -0.25) is 4.79 Å². The average molecular weight is 310 g/mol. The van der Waals surface area contributed by atoms with Gasteiger partial charge < -0.3 is 9.47 Å². The Morgan fingerprint density at radius 2 is 2.00 bits per heavy atom. The van der Waals surface area contributed by atoms with Crippen LogP contribution in [0.4, 0.5) is 0 Å². The summed E-state index contributed by atoms with van der Waals surface area (Å²) < 4.78 is 11.0. The molecule has 0 bridgehead atoms. The minimum Gasteiger partial charge on any atom is -0.492 e. The zero-order valence-corrected chi connectivity index (χ0v) is 12.9. The number of carbonyl (C=O) groups is 1. The fraction of sp³-hybridized carbons (Fsp3) is 0.222. The highest BCUT2D eigenvalue weighted by Crippen LogP contribution is 2.24. The highest BCUT2D eigenvalue weighted by Gasteiger charge is 2.16. The first kappa shape index (κ1) is 15.1. The van der Waals surface area contributed by atoms with Crippen molar-refractivity contribution in [1.29, 1.82) is 0 Å². The van der Waals surface area contributed by atoms with Gasteiger partial charge in [0.05, 0.1) is 12.3 Å². The van der Waals surface area contributed by atoms with E-state index in [1.807, 2.05) is 55.5 Å². The van der Waals surface area contributed by atoms with Gasteiger partial charge in [-0.2, -0.15) is 5.10 Å². The lowest BCUT2D eigenvalue weighted by Gasteiger charge is -2.18. The number of hydrogen-bond donors (Lipinski definition) is 1. The number of carbonyl (C=O) groups excluding carboxylic acids is 1. The van der Waals surface area contributed by atoms with Gasteiger partial charge in [0, 0.05) is 12.0 Å². The first-order chi connectivity index (χ1) is 11.2. The Labute approximate surface area is 134 Å². The Bertz CT molecular complexity index is 723. The molecule has 0 aromatic heterocycles. The molecular formula is C18H18N2O3. The molecule has 0 saturated carbocycles. The molecule has 1 aliphatic heterocycles. The van der Waals surface area contributed by atoms with Crippen molar-refractivity contribution in [3.63, 3.8) is 0 Å². The third-order valence-corrected chi connectivity index (χ3v) is 3.50. The highest BCUT2D eigenvalue weighted by atomic mass is 16.5.